The standard InChI is InChI=1S/C22H22N2O6S2/c1-13(25)14-5-4-6-16(9-14)24-17-11-32(27,28)12-20(17)31-22(24)23-21(26)15-7-8-18(29-2)19(10-15)30-3/h4-10,17,20H,11-12H2,1-3H3/t17-,20+/m1/s1. The topological polar surface area (TPSA) is 102 Å². The Kier molecular flexibility index (Phi) is 6.00. The van der Waals surface area contributed by atoms with E-state index in [-0.39, 0.29) is 28.6 Å². The Morgan fingerprint density at radius 3 is 2.47 bits per heavy atom. The fourth-order valence-electron chi connectivity index (χ4n) is 3.86. The first-order valence-corrected chi connectivity index (χ1v) is 12.5. The first-order chi connectivity index (χ1) is 15.2. The number of aliphatic imine (C=N–C) groups is 1. The first-order valence-electron chi connectivity index (χ1n) is 9.85. The molecular weight excluding hydrogens is 452 g/mol. The molecule has 4 rings (SSSR count). The summed E-state index contributed by atoms with van der Waals surface area (Å²) in [4.78, 5) is 30.9. The highest BCUT2D eigenvalue weighted by Crippen LogP contribution is 2.41. The zero-order chi connectivity index (χ0) is 23.0. The minimum Gasteiger partial charge on any atom is -0.493 e. The second kappa shape index (κ2) is 8.59. The molecule has 2 aromatic rings. The summed E-state index contributed by atoms with van der Waals surface area (Å²) in [6.45, 7) is 1.47. The number of carbonyl (C=O) groups excluding carboxylic acids is 2. The van der Waals surface area contributed by atoms with Crippen molar-refractivity contribution in [2.75, 3.05) is 30.6 Å². The van der Waals surface area contributed by atoms with Crippen molar-refractivity contribution in [3.63, 3.8) is 0 Å². The van der Waals surface area contributed by atoms with Crippen LogP contribution in [0.1, 0.15) is 27.6 Å². The SMILES string of the molecule is COc1ccc(C(=O)N=C2S[C@H]3CS(=O)(=O)C[C@H]3N2c2cccc(C(C)=O)c2)cc1OC. The number of rotatable bonds is 5. The van der Waals surface area contributed by atoms with Gasteiger partial charge in [0.15, 0.2) is 32.3 Å². The van der Waals surface area contributed by atoms with Crippen molar-refractivity contribution < 1.29 is 27.5 Å². The van der Waals surface area contributed by atoms with Gasteiger partial charge in [-0.15, -0.1) is 0 Å². The molecule has 0 radical (unpaired) electrons. The molecule has 0 aromatic heterocycles. The van der Waals surface area contributed by atoms with Gasteiger partial charge in [-0.3, -0.25) is 9.59 Å². The lowest BCUT2D eigenvalue weighted by atomic mass is 10.1. The number of hydrogen-bond acceptors (Lipinski definition) is 7. The number of ether oxygens (including phenoxy) is 2. The molecule has 2 fully saturated rings. The van der Waals surface area contributed by atoms with Crippen molar-refractivity contribution in [1.29, 1.82) is 0 Å². The van der Waals surface area contributed by atoms with Gasteiger partial charge < -0.3 is 14.4 Å². The number of thioether (sulfide) groups is 1. The molecule has 2 atom stereocenters. The lowest BCUT2D eigenvalue weighted by Crippen LogP contribution is -2.37. The number of amidine groups is 1. The largest absolute Gasteiger partial charge is 0.493 e. The number of methoxy groups -OCH3 is 2. The van der Waals surface area contributed by atoms with Gasteiger partial charge in [0.2, 0.25) is 0 Å². The third-order valence-corrected chi connectivity index (χ3v) is 8.63. The maximum absolute atomic E-state index is 13.0. The summed E-state index contributed by atoms with van der Waals surface area (Å²) >= 11 is 1.28. The Balaban J connectivity index is 1.73. The van der Waals surface area contributed by atoms with Crippen LogP contribution < -0.4 is 14.4 Å². The predicted molar refractivity (Wildman–Crippen MR) is 124 cm³/mol. The molecule has 2 aromatic carbocycles. The molecule has 0 unspecified atom stereocenters. The summed E-state index contributed by atoms with van der Waals surface area (Å²) in [5, 5.41) is 0.174. The number of nitrogens with zero attached hydrogens (tertiary/aromatic N) is 2. The third-order valence-electron chi connectivity index (χ3n) is 5.43. The fraction of sp³-hybridized carbons (Fsp3) is 0.318. The van der Waals surface area contributed by atoms with Gasteiger partial charge in [0.05, 0.1) is 31.8 Å². The van der Waals surface area contributed by atoms with E-state index < -0.39 is 15.7 Å². The number of sulfone groups is 1. The molecular formula is C22H22N2O6S2. The molecule has 2 aliphatic rings. The van der Waals surface area contributed by atoms with Crippen LogP contribution in [0.2, 0.25) is 0 Å². The van der Waals surface area contributed by atoms with Crippen molar-refractivity contribution in [1.82, 2.24) is 0 Å². The van der Waals surface area contributed by atoms with Gasteiger partial charge in [0.1, 0.15) is 0 Å². The normalized spacial score (nSPS) is 22.6. The first kappa shape index (κ1) is 22.3. The number of Topliss-reactive ketones (excluding diaryl/α,β-unsaturated/α-hetero) is 1. The fourth-order valence-corrected chi connectivity index (χ4v) is 7.77. The van der Waals surface area contributed by atoms with Crippen LogP contribution in [0, 0.1) is 0 Å². The third kappa shape index (κ3) is 4.24. The lowest BCUT2D eigenvalue weighted by molar-refractivity contribution is 0.0998. The average molecular weight is 475 g/mol. The van der Waals surface area contributed by atoms with Crippen LogP contribution in [0.3, 0.4) is 0 Å². The zero-order valence-corrected chi connectivity index (χ0v) is 19.4. The lowest BCUT2D eigenvalue weighted by Gasteiger charge is -2.24. The molecule has 2 saturated heterocycles. The molecule has 168 valence electrons. The van der Waals surface area contributed by atoms with Gasteiger partial charge in [-0.25, -0.2) is 8.42 Å². The molecule has 0 spiro atoms. The van der Waals surface area contributed by atoms with E-state index in [9.17, 15) is 18.0 Å². The summed E-state index contributed by atoms with van der Waals surface area (Å²) in [6, 6.07) is 11.3. The maximum Gasteiger partial charge on any atom is 0.279 e. The molecule has 1 amide bonds. The second-order valence-corrected chi connectivity index (χ2v) is 10.9. The zero-order valence-electron chi connectivity index (χ0n) is 17.8. The van der Waals surface area contributed by atoms with Gasteiger partial charge in [-0.2, -0.15) is 4.99 Å². The van der Waals surface area contributed by atoms with Gasteiger partial charge in [-0.1, -0.05) is 23.9 Å². The van der Waals surface area contributed by atoms with E-state index in [1.165, 1.54) is 32.9 Å². The van der Waals surface area contributed by atoms with Crippen LogP contribution in [0.15, 0.2) is 47.5 Å². The molecule has 0 aliphatic carbocycles. The quantitative estimate of drug-likeness (QED) is 0.610. The number of anilines is 1. The molecule has 2 aliphatic heterocycles. The van der Waals surface area contributed by atoms with E-state index in [1.807, 2.05) is 0 Å². The van der Waals surface area contributed by atoms with Crippen molar-refractivity contribution in [2.24, 2.45) is 4.99 Å². The van der Waals surface area contributed by atoms with E-state index >= 15 is 0 Å². The van der Waals surface area contributed by atoms with Crippen LogP contribution in [0.25, 0.3) is 0 Å². The molecule has 32 heavy (non-hydrogen) atoms. The van der Waals surface area contributed by atoms with Crippen LogP contribution in [0.4, 0.5) is 5.69 Å². The molecule has 8 nitrogen and oxygen atoms in total. The Morgan fingerprint density at radius 2 is 1.78 bits per heavy atom. The second-order valence-electron chi connectivity index (χ2n) is 7.55. The summed E-state index contributed by atoms with van der Waals surface area (Å²) in [7, 11) is -0.203. The Hall–Kier alpha value is -2.85. The van der Waals surface area contributed by atoms with Crippen molar-refractivity contribution >= 4 is 44.1 Å². The highest BCUT2D eigenvalue weighted by Gasteiger charge is 2.49. The van der Waals surface area contributed by atoms with E-state index in [0.29, 0.717) is 33.5 Å². The van der Waals surface area contributed by atoms with Crippen LogP contribution in [-0.4, -0.2) is 62.3 Å². The number of hydrogen-bond donors (Lipinski definition) is 0. The molecule has 0 bridgehead atoms. The summed E-state index contributed by atoms with van der Waals surface area (Å²) in [5.74, 6) is 0.312. The molecule has 10 heteroatoms. The summed E-state index contributed by atoms with van der Waals surface area (Å²) in [6.07, 6.45) is 0. The van der Waals surface area contributed by atoms with Crippen LogP contribution in [-0.2, 0) is 9.84 Å². The van der Waals surface area contributed by atoms with Crippen LogP contribution in [0.5, 0.6) is 11.5 Å². The Bertz CT molecular complexity index is 1220. The Labute approximate surface area is 190 Å². The monoisotopic (exact) mass is 474 g/mol. The predicted octanol–water partition coefficient (Wildman–Crippen LogP) is 2.82. The van der Waals surface area contributed by atoms with Crippen molar-refractivity contribution in [3.8, 4) is 11.5 Å². The summed E-state index contributed by atoms with van der Waals surface area (Å²) < 4.78 is 35.0. The number of benzene rings is 2. The number of ketones is 1. The van der Waals surface area contributed by atoms with Gasteiger partial charge >= 0.3 is 0 Å². The van der Waals surface area contributed by atoms with Crippen LogP contribution >= 0.6 is 11.8 Å². The van der Waals surface area contributed by atoms with E-state index in [2.05, 4.69) is 4.99 Å². The highest BCUT2D eigenvalue weighted by atomic mass is 32.2. The van der Waals surface area contributed by atoms with Crippen molar-refractivity contribution in [2.45, 2.75) is 18.2 Å². The number of carbonyl (C=O) groups is 2. The number of fused-ring (bicyclic) bond motifs is 1. The molecule has 0 saturated carbocycles. The van der Waals surface area contributed by atoms with Gasteiger partial charge in [0, 0.05) is 22.1 Å². The minimum atomic E-state index is -3.19. The van der Waals surface area contributed by atoms with Crippen molar-refractivity contribution in [3.05, 3.63) is 53.6 Å². The van der Waals surface area contributed by atoms with Gasteiger partial charge in [0.25, 0.3) is 5.91 Å². The smallest absolute Gasteiger partial charge is 0.279 e. The summed E-state index contributed by atoms with van der Waals surface area (Å²) in [5.41, 5.74) is 1.45. The molecule has 0 N–H and O–H groups in total. The van der Waals surface area contributed by atoms with Gasteiger partial charge in [-0.05, 0) is 37.3 Å². The Morgan fingerprint density at radius 1 is 1.03 bits per heavy atom. The average Bonchev–Trinajstić information content (AvgIpc) is 3.23. The minimum absolute atomic E-state index is 0.0226. The highest BCUT2D eigenvalue weighted by molar-refractivity contribution is 8.16. The van der Waals surface area contributed by atoms with E-state index in [0.717, 1.165) is 0 Å². The number of amides is 1. The molecule has 2 heterocycles. The van der Waals surface area contributed by atoms with E-state index in [4.69, 9.17) is 9.47 Å². The van der Waals surface area contributed by atoms with E-state index in [1.54, 1.807) is 47.4 Å². The maximum atomic E-state index is 13.0.